The van der Waals surface area contributed by atoms with E-state index >= 15 is 0 Å². The Kier molecular flexibility index (Phi) is 14.4. The molecule has 0 radical (unpaired) electrons. The second-order valence-electron chi connectivity index (χ2n) is 6.31. The normalized spacial score (nSPS) is 11.7. The summed E-state index contributed by atoms with van der Waals surface area (Å²) < 4.78 is 21.3. The van der Waals surface area contributed by atoms with Crippen molar-refractivity contribution in [1.82, 2.24) is 0 Å². The molecule has 6 heteroatoms. The van der Waals surface area contributed by atoms with E-state index in [-0.39, 0.29) is 19.0 Å². The summed E-state index contributed by atoms with van der Waals surface area (Å²) in [4.78, 5) is 11.4. The molecule has 0 atom stereocenters. The molecule has 23 heavy (non-hydrogen) atoms. The third-order valence-electron chi connectivity index (χ3n) is 2.81. The highest BCUT2D eigenvalue weighted by Gasteiger charge is 2.15. The number of hydrogen-bond donors (Lipinski definition) is 1. The first kappa shape index (κ1) is 22.3. The van der Waals surface area contributed by atoms with Gasteiger partial charge >= 0.3 is 5.97 Å². The second kappa shape index (κ2) is 14.9. The lowest BCUT2D eigenvalue weighted by Crippen LogP contribution is -2.24. The average molecular weight is 334 g/mol. The fourth-order valence-electron chi connectivity index (χ4n) is 1.76. The van der Waals surface area contributed by atoms with E-state index < -0.39 is 5.60 Å². The van der Waals surface area contributed by atoms with Crippen LogP contribution in [-0.2, 0) is 23.7 Å². The molecule has 138 valence electrons. The van der Waals surface area contributed by atoms with Gasteiger partial charge in [0.1, 0.15) is 5.60 Å². The van der Waals surface area contributed by atoms with E-state index in [9.17, 15) is 4.79 Å². The zero-order valence-electron chi connectivity index (χ0n) is 15.0. The molecular weight excluding hydrogens is 300 g/mol. The summed E-state index contributed by atoms with van der Waals surface area (Å²) in [5.41, 5.74) is -0.445. The van der Waals surface area contributed by atoms with Gasteiger partial charge < -0.3 is 24.1 Å². The van der Waals surface area contributed by atoms with Crippen molar-refractivity contribution in [3.05, 3.63) is 0 Å². The van der Waals surface area contributed by atoms with Crippen LogP contribution in [0.2, 0.25) is 0 Å². The molecule has 1 N–H and O–H groups in total. The summed E-state index contributed by atoms with van der Waals surface area (Å²) in [7, 11) is 0. The lowest BCUT2D eigenvalue weighted by molar-refractivity contribution is -0.156. The molecule has 0 spiro atoms. The maximum absolute atomic E-state index is 11.4. The van der Waals surface area contributed by atoms with Crippen LogP contribution in [0.15, 0.2) is 0 Å². The minimum absolute atomic E-state index is 0.245. The van der Waals surface area contributed by atoms with Crippen molar-refractivity contribution in [3.63, 3.8) is 0 Å². The van der Waals surface area contributed by atoms with Crippen molar-refractivity contribution in [2.75, 3.05) is 46.2 Å². The maximum atomic E-state index is 11.4. The fraction of sp³-hybridized carbons (Fsp3) is 0.941. The molecule has 0 aliphatic carbocycles. The van der Waals surface area contributed by atoms with Gasteiger partial charge in [0.05, 0.1) is 39.5 Å². The monoisotopic (exact) mass is 334 g/mol. The highest BCUT2D eigenvalue weighted by molar-refractivity contribution is 5.69. The lowest BCUT2D eigenvalue weighted by Gasteiger charge is -2.19. The molecule has 0 unspecified atom stereocenters. The van der Waals surface area contributed by atoms with Gasteiger partial charge in [-0.2, -0.15) is 0 Å². The highest BCUT2D eigenvalue weighted by Crippen LogP contribution is 2.08. The Bertz CT molecular complexity index is 275. The number of ether oxygens (including phenoxy) is 4. The predicted octanol–water partition coefficient (Wildman–Crippen LogP) is 2.32. The minimum atomic E-state index is -0.445. The highest BCUT2D eigenvalue weighted by atomic mass is 16.6. The molecule has 0 aliphatic heterocycles. The van der Waals surface area contributed by atoms with E-state index in [0.29, 0.717) is 33.0 Å². The first-order valence-electron chi connectivity index (χ1n) is 8.51. The number of rotatable bonds is 15. The Hall–Kier alpha value is -0.690. The van der Waals surface area contributed by atoms with Gasteiger partial charge in [-0.1, -0.05) is 12.8 Å². The molecule has 0 amide bonds. The zero-order chi connectivity index (χ0) is 17.4. The summed E-state index contributed by atoms with van der Waals surface area (Å²) in [6, 6.07) is 0. The van der Waals surface area contributed by atoms with Crippen LogP contribution in [0.25, 0.3) is 0 Å². The summed E-state index contributed by atoms with van der Waals surface area (Å²) in [6.45, 7) is 8.98. The number of carbonyl (C=O) groups is 1. The molecule has 0 bridgehead atoms. The lowest BCUT2D eigenvalue weighted by atomic mass is 10.2. The molecule has 0 aromatic heterocycles. The van der Waals surface area contributed by atoms with Gasteiger partial charge in [-0.05, 0) is 33.6 Å². The third-order valence-corrected chi connectivity index (χ3v) is 2.81. The molecule has 0 saturated carbocycles. The van der Waals surface area contributed by atoms with Gasteiger partial charge in [0.15, 0.2) is 0 Å². The zero-order valence-corrected chi connectivity index (χ0v) is 15.0. The van der Waals surface area contributed by atoms with Gasteiger partial charge in [-0.25, -0.2) is 0 Å². The number of carbonyl (C=O) groups excluding carboxylic acids is 1. The molecule has 0 fully saturated rings. The van der Waals surface area contributed by atoms with Crippen molar-refractivity contribution in [3.8, 4) is 0 Å². The molecule has 0 aromatic rings. The van der Waals surface area contributed by atoms with Gasteiger partial charge in [0, 0.05) is 13.2 Å². The molecule has 6 nitrogen and oxygen atoms in total. The number of unbranched alkanes of at least 4 members (excludes halogenated alkanes) is 3. The van der Waals surface area contributed by atoms with E-state index in [4.69, 9.17) is 24.1 Å². The number of aliphatic hydroxyl groups is 1. The predicted molar refractivity (Wildman–Crippen MR) is 88.5 cm³/mol. The van der Waals surface area contributed by atoms with Gasteiger partial charge in [0.2, 0.25) is 0 Å². The quantitative estimate of drug-likeness (QED) is 0.366. The summed E-state index contributed by atoms with van der Waals surface area (Å²) in [5, 5.41) is 8.63. The van der Waals surface area contributed by atoms with Gasteiger partial charge in [-0.15, -0.1) is 0 Å². The van der Waals surface area contributed by atoms with E-state index in [1.165, 1.54) is 0 Å². The third kappa shape index (κ3) is 19.3. The molecule has 0 heterocycles. The van der Waals surface area contributed by atoms with Crippen molar-refractivity contribution < 1.29 is 28.8 Å². The Morgan fingerprint density at radius 2 is 1.30 bits per heavy atom. The van der Waals surface area contributed by atoms with Crippen molar-refractivity contribution in [1.29, 1.82) is 0 Å². The molecule has 0 aliphatic rings. The minimum Gasteiger partial charge on any atom is -0.460 e. The van der Waals surface area contributed by atoms with E-state index in [1.807, 2.05) is 20.8 Å². The summed E-state index contributed by atoms with van der Waals surface area (Å²) in [5.74, 6) is -0.245. The molecule has 0 rings (SSSR count). The van der Waals surface area contributed by atoms with Crippen LogP contribution in [0.4, 0.5) is 0 Å². The maximum Gasteiger partial charge on any atom is 0.308 e. The number of hydrogen-bond acceptors (Lipinski definition) is 6. The Morgan fingerprint density at radius 1 is 0.783 bits per heavy atom. The fourth-order valence-corrected chi connectivity index (χ4v) is 1.76. The Morgan fingerprint density at radius 3 is 1.87 bits per heavy atom. The topological polar surface area (TPSA) is 74.2 Å². The smallest absolute Gasteiger partial charge is 0.308 e. The van der Waals surface area contributed by atoms with Crippen LogP contribution >= 0.6 is 0 Å². The van der Waals surface area contributed by atoms with Crippen molar-refractivity contribution in [2.24, 2.45) is 0 Å². The van der Waals surface area contributed by atoms with E-state index in [2.05, 4.69) is 0 Å². The molecular formula is C17H34O6. The Balaban J connectivity index is 3.15. The van der Waals surface area contributed by atoms with Crippen LogP contribution in [0.1, 0.15) is 52.9 Å². The van der Waals surface area contributed by atoms with Crippen LogP contribution in [0, 0.1) is 0 Å². The number of esters is 1. The molecule has 0 aromatic carbocycles. The first-order valence-corrected chi connectivity index (χ1v) is 8.51. The summed E-state index contributed by atoms with van der Waals surface area (Å²) >= 11 is 0. The first-order chi connectivity index (χ1) is 11.0. The standard InChI is InChI=1S/C17H34O6/c1-17(2,3)23-16(19)8-11-21-13-15-22-14-12-20-10-7-5-4-6-9-18/h18H,4-15H2,1-3H3. The van der Waals surface area contributed by atoms with Crippen molar-refractivity contribution in [2.45, 2.75) is 58.5 Å². The van der Waals surface area contributed by atoms with Crippen LogP contribution in [0.5, 0.6) is 0 Å². The van der Waals surface area contributed by atoms with Gasteiger partial charge in [-0.3, -0.25) is 4.79 Å². The average Bonchev–Trinajstić information content (AvgIpc) is 2.46. The van der Waals surface area contributed by atoms with Crippen LogP contribution < -0.4 is 0 Å². The van der Waals surface area contributed by atoms with Crippen LogP contribution in [0.3, 0.4) is 0 Å². The SMILES string of the molecule is CC(C)(C)OC(=O)CCOCCOCCOCCCCCCO. The largest absolute Gasteiger partial charge is 0.460 e. The van der Waals surface area contributed by atoms with Gasteiger partial charge in [0.25, 0.3) is 0 Å². The van der Waals surface area contributed by atoms with Crippen molar-refractivity contribution >= 4 is 5.97 Å². The van der Waals surface area contributed by atoms with E-state index in [1.54, 1.807) is 0 Å². The summed E-state index contributed by atoms with van der Waals surface area (Å²) in [6.07, 6.45) is 4.30. The van der Waals surface area contributed by atoms with E-state index in [0.717, 1.165) is 32.3 Å². The molecule has 0 saturated heterocycles. The Labute approximate surface area is 140 Å². The number of aliphatic hydroxyl groups excluding tert-OH is 1. The van der Waals surface area contributed by atoms with Crippen LogP contribution in [-0.4, -0.2) is 62.9 Å². The second-order valence-corrected chi connectivity index (χ2v) is 6.31.